The lowest BCUT2D eigenvalue weighted by atomic mass is 10.1. The SMILES string of the molecule is O=C(Nc1ccc(Cl)c(-c2ccc3ncccc3n2)c1)c1ccc(N2COCCS2(=O)=O)cc1Cl. The quantitative estimate of drug-likeness (QED) is 0.400. The van der Waals surface area contributed by atoms with E-state index < -0.39 is 15.9 Å². The number of fused-ring (bicyclic) bond motifs is 1. The molecule has 0 bridgehead atoms. The molecule has 1 fully saturated rings. The first-order valence-corrected chi connectivity index (χ1v) is 12.9. The van der Waals surface area contributed by atoms with E-state index in [0.717, 1.165) is 15.3 Å². The number of carbonyl (C=O) groups is 1. The van der Waals surface area contributed by atoms with Crippen molar-refractivity contribution in [2.24, 2.45) is 0 Å². The lowest BCUT2D eigenvalue weighted by molar-refractivity contribution is 0.102. The van der Waals surface area contributed by atoms with Crippen LogP contribution in [0.4, 0.5) is 11.4 Å². The van der Waals surface area contributed by atoms with Crippen LogP contribution in [0.5, 0.6) is 0 Å². The number of nitrogens with zero attached hydrogens (tertiary/aromatic N) is 3. The molecule has 1 amide bonds. The Morgan fingerprint density at radius 3 is 2.66 bits per heavy atom. The second-order valence-corrected chi connectivity index (χ2v) is 10.6. The normalized spacial score (nSPS) is 15.2. The Hall–Kier alpha value is -3.24. The Morgan fingerprint density at radius 2 is 1.86 bits per heavy atom. The molecule has 3 heterocycles. The summed E-state index contributed by atoms with van der Waals surface area (Å²) in [6, 6.07) is 16.8. The van der Waals surface area contributed by atoms with Crippen LogP contribution < -0.4 is 9.62 Å². The van der Waals surface area contributed by atoms with Crippen molar-refractivity contribution in [3.05, 3.63) is 82.5 Å². The van der Waals surface area contributed by atoms with Crippen molar-refractivity contribution < 1.29 is 17.9 Å². The van der Waals surface area contributed by atoms with Crippen molar-refractivity contribution >= 4 is 61.5 Å². The summed E-state index contributed by atoms with van der Waals surface area (Å²) in [5.41, 5.74) is 3.79. The summed E-state index contributed by atoms with van der Waals surface area (Å²) in [6.45, 7) is 0.0401. The first-order valence-electron chi connectivity index (χ1n) is 10.5. The summed E-state index contributed by atoms with van der Waals surface area (Å²) in [4.78, 5) is 21.8. The van der Waals surface area contributed by atoms with Crippen LogP contribution in [0.15, 0.2) is 66.9 Å². The zero-order chi connectivity index (χ0) is 24.6. The maximum Gasteiger partial charge on any atom is 0.257 e. The molecule has 2 aromatic carbocycles. The Kier molecular flexibility index (Phi) is 6.33. The average Bonchev–Trinajstić information content (AvgIpc) is 2.84. The molecule has 0 spiro atoms. The van der Waals surface area contributed by atoms with Gasteiger partial charge in [-0.15, -0.1) is 0 Å². The zero-order valence-electron chi connectivity index (χ0n) is 18.1. The fraction of sp³-hybridized carbons (Fsp3) is 0.125. The van der Waals surface area contributed by atoms with Crippen LogP contribution in [0.3, 0.4) is 0 Å². The van der Waals surface area contributed by atoms with Crippen LogP contribution in [-0.2, 0) is 14.8 Å². The van der Waals surface area contributed by atoms with Gasteiger partial charge >= 0.3 is 0 Å². The molecular weight excluding hydrogens is 511 g/mol. The fourth-order valence-electron chi connectivity index (χ4n) is 3.69. The number of amides is 1. The summed E-state index contributed by atoms with van der Waals surface area (Å²) in [5, 5.41) is 3.40. The second kappa shape index (κ2) is 9.43. The largest absolute Gasteiger partial charge is 0.359 e. The maximum atomic E-state index is 12.9. The molecule has 0 radical (unpaired) electrons. The van der Waals surface area contributed by atoms with Crippen molar-refractivity contribution in [3.8, 4) is 11.3 Å². The van der Waals surface area contributed by atoms with Gasteiger partial charge in [-0.3, -0.25) is 9.78 Å². The number of sulfonamides is 1. The number of pyridine rings is 2. The summed E-state index contributed by atoms with van der Waals surface area (Å²) in [6.07, 6.45) is 1.70. The molecule has 8 nitrogen and oxygen atoms in total. The van der Waals surface area contributed by atoms with E-state index in [1.807, 2.05) is 18.2 Å². The smallest absolute Gasteiger partial charge is 0.257 e. The number of rotatable bonds is 4. The zero-order valence-corrected chi connectivity index (χ0v) is 20.4. The van der Waals surface area contributed by atoms with E-state index in [4.69, 9.17) is 27.9 Å². The highest BCUT2D eigenvalue weighted by atomic mass is 35.5. The van der Waals surface area contributed by atoms with E-state index in [0.29, 0.717) is 27.7 Å². The number of hydrogen-bond donors (Lipinski definition) is 1. The van der Waals surface area contributed by atoms with E-state index in [-0.39, 0.29) is 29.7 Å². The second-order valence-electron chi connectivity index (χ2n) is 7.75. The van der Waals surface area contributed by atoms with Gasteiger partial charge in [0.1, 0.15) is 6.73 Å². The van der Waals surface area contributed by atoms with Crippen molar-refractivity contribution in [1.29, 1.82) is 0 Å². The first kappa shape index (κ1) is 23.5. The van der Waals surface area contributed by atoms with Gasteiger partial charge in [-0.25, -0.2) is 17.7 Å². The number of benzene rings is 2. The number of aromatic nitrogens is 2. The lowest BCUT2D eigenvalue weighted by Gasteiger charge is -2.28. The van der Waals surface area contributed by atoms with Crippen LogP contribution >= 0.6 is 23.2 Å². The molecule has 1 aliphatic rings. The van der Waals surface area contributed by atoms with Gasteiger partial charge in [0.2, 0.25) is 10.0 Å². The monoisotopic (exact) mass is 528 g/mol. The number of halogens is 2. The number of ether oxygens (including phenoxy) is 1. The summed E-state index contributed by atoms with van der Waals surface area (Å²) in [5.74, 6) is -0.572. The average molecular weight is 529 g/mol. The highest BCUT2D eigenvalue weighted by Gasteiger charge is 2.27. The molecule has 0 aliphatic carbocycles. The Morgan fingerprint density at radius 1 is 1.00 bits per heavy atom. The van der Waals surface area contributed by atoms with Crippen molar-refractivity contribution in [3.63, 3.8) is 0 Å². The van der Waals surface area contributed by atoms with Gasteiger partial charge in [0.05, 0.1) is 50.4 Å². The molecule has 0 saturated carbocycles. The van der Waals surface area contributed by atoms with Crippen LogP contribution in [0, 0.1) is 0 Å². The fourth-order valence-corrected chi connectivity index (χ4v) is 5.38. The third-order valence-corrected chi connectivity index (χ3v) is 7.78. The van der Waals surface area contributed by atoms with E-state index in [9.17, 15) is 13.2 Å². The minimum atomic E-state index is -3.50. The Labute approximate surface area is 211 Å². The number of anilines is 2. The third-order valence-electron chi connectivity index (χ3n) is 5.47. The van der Waals surface area contributed by atoms with Gasteiger partial charge in [0, 0.05) is 17.4 Å². The van der Waals surface area contributed by atoms with Gasteiger partial charge in [-0.05, 0) is 60.7 Å². The van der Waals surface area contributed by atoms with Crippen molar-refractivity contribution in [1.82, 2.24) is 9.97 Å². The van der Waals surface area contributed by atoms with E-state index in [1.165, 1.54) is 18.2 Å². The number of hydrogen-bond acceptors (Lipinski definition) is 6. The summed E-state index contributed by atoms with van der Waals surface area (Å²) < 4.78 is 31.0. The van der Waals surface area contributed by atoms with Crippen LogP contribution in [-0.4, -0.2) is 43.4 Å². The lowest BCUT2D eigenvalue weighted by Crippen LogP contribution is -2.41. The first-order chi connectivity index (χ1) is 16.8. The maximum absolute atomic E-state index is 12.9. The van der Waals surface area contributed by atoms with Crippen molar-refractivity contribution in [2.45, 2.75) is 0 Å². The highest BCUT2D eigenvalue weighted by Crippen LogP contribution is 2.32. The molecule has 11 heteroatoms. The minimum absolute atomic E-state index is 0.101. The molecule has 1 N–H and O–H groups in total. The van der Waals surface area contributed by atoms with E-state index >= 15 is 0 Å². The molecule has 4 aromatic rings. The van der Waals surface area contributed by atoms with Crippen LogP contribution in [0.1, 0.15) is 10.4 Å². The molecular formula is C24H18Cl2N4O4S. The molecule has 1 aliphatic heterocycles. The van der Waals surface area contributed by atoms with E-state index in [1.54, 1.807) is 30.5 Å². The Bertz CT molecular complexity index is 1560. The molecule has 35 heavy (non-hydrogen) atoms. The van der Waals surface area contributed by atoms with Crippen molar-refractivity contribution in [2.75, 3.05) is 28.7 Å². The number of nitrogens with one attached hydrogen (secondary N) is 1. The van der Waals surface area contributed by atoms with Gasteiger partial charge in [0.25, 0.3) is 5.91 Å². The van der Waals surface area contributed by atoms with Gasteiger partial charge < -0.3 is 10.1 Å². The standard InChI is InChI=1S/C24H18Cl2N4O4S/c25-19-6-3-15(12-18(19)21-7-8-22-23(29-21)2-1-9-27-22)28-24(31)17-5-4-16(13-20(17)26)30-14-34-10-11-35(30,32)33/h1-9,12-13H,10-11,14H2,(H,28,31). The predicted octanol–water partition coefficient (Wildman–Crippen LogP) is 4.98. The van der Waals surface area contributed by atoms with Gasteiger partial charge in [0.15, 0.2) is 0 Å². The molecule has 2 aromatic heterocycles. The van der Waals surface area contributed by atoms with Gasteiger partial charge in [-0.2, -0.15) is 0 Å². The van der Waals surface area contributed by atoms with E-state index in [2.05, 4.69) is 15.3 Å². The summed E-state index contributed by atoms with van der Waals surface area (Å²) >= 11 is 12.8. The topological polar surface area (TPSA) is 101 Å². The third kappa shape index (κ3) is 4.81. The van der Waals surface area contributed by atoms with Crippen LogP contribution in [0.2, 0.25) is 10.0 Å². The molecule has 178 valence electrons. The highest BCUT2D eigenvalue weighted by molar-refractivity contribution is 7.92. The predicted molar refractivity (Wildman–Crippen MR) is 136 cm³/mol. The summed E-state index contributed by atoms with van der Waals surface area (Å²) in [7, 11) is -3.50. The number of carbonyl (C=O) groups excluding carboxylic acids is 1. The molecule has 0 atom stereocenters. The Balaban J connectivity index is 1.40. The van der Waals surface area contributed by atoms with Crippen LogP contribution in [0.25, 0.3) is 22.3 Å². The molecule has 1 saturated heterocycles. The molecule has 5 rings (SSSR count). The van der Waals surface area contributed by atoms with Gasteiger partial charge in [-0.1, -0.05) is 23.2 Å². The minimum Gasteiger partial charge on any atom is -0.359 e. The molecule has 0 unspecified atom stereocenters.